The maximum absolute atomic E-state index is 4.49. The van der Waals surface area contributed by atoms with Crippen molar-refractivity contribution in [3.8, 4) is 33.4 Å². The quantitative estimate of drug-likeness (QED) is 0.207. The minimum atomic E-state index is -0.364. The minimum absolute atomic E-state index is 0.0203. The lowest BCUT2D eigenvalue weighted by molar-refractivity contribution is 0.660. The second-order valence-corrected chi connectivity index (χ2v) is 13.1. The fourth-order valence-electron chi connectivity index (χ4n) is 8.66. The van der Waals surface area contributed by atoms with Gasteiger partial charge >= 0.3 is 0 Å². The molecule has 0 saturated heterocycles. The van der Waals surface area contributed by atoms with E-state index in [1.54, 1.807) is 0 Å². The second-order valence-electron chi connectivity index (χ2n) is 13.1. The van der Waals surface area contributed by atoms with Crippen LogP contribution in [0.15, 0.2) is 146 Å². The maximum Gasteiger partial charge on any atom is 0.0726 e. The van der Waals surface area contributed by atoms with Gasteiger partial charge in [0, 0.05) is 22.5 Å². The Kier molecular flexibility index (Phi) is 5.02. The van der Waals surface area contributed by atoms with Gasteiger partial charge in [-0.15, -0.1) is 0 Å². The summed E-state index contributed by atoms with van der Waals surface area (Å²) in [5.74, 6) is 0. The van der Waals surface area contributed by atoms with Gasteiger partial charge in [0.2, 0.25) is 0 Å². The Hall–Kier alpha value is -5.14. The SMILES string of the molecule is C=C(C)N(c1ccc2c(c1)-c1ccccc1C2(C)C)c1ccc2c(c1)C1(c3ccccc3-c3ccccc31)c1ccccc1-2. The smallest absolute Gasteiger partial charge is 0.0726 e. The van der Waals surface area contributed by atoms with Crippen molar-refractivity contribution in [1.82, 2.24) is 0 Å². The van der Waals surface area contributed by atoms with Crippen molar-refractivity contribution in [2.75, 3.05) is 4.90 Å². The number of hydrogen-bond donors (Lipinski definition) is 0. The predicted octanol–water partition coefficient (Wildman–Crippen LogP) is 11.0. The van der Waals surface area contributed by atoms with Crippen LogP contribution >= 0.6 is 0 Å². The normalized spacial score (nSPS) is 15.2. The summed E-state index contributed by atoms with van der Waals surface area (Å²) >= 11 is 0. The first kappa shape index (κ1) is 25.4. The monoisotopic (exact) mass is 563 g/mol. The molecule has 6 aromatic carbocycles. The van der Waals surface area contributed by atoms with Gasteiger partial charge in [0.05, 0.1) is 5.41 Å². The summed E-state index contributed by atoms with van der Waals surface area (Å²) in [4.78, 5) is 2.33. The molecular weight excluding hydrogens is 530 g/mol. The Morgan fingerprint density at radius 1 is 0.455 bits per heavy atom. The van der Waals surface area contributed by atoms with Gasteiger partial charge in [0.25, 0.3) is 0 Å². The Labute approximate surface area is 259 Å². The van der Waals surface area contributed by atoms with Crippen LogP contribution in [0, 0.1) is 0 Å². The van der Waals surface area contributed by atoms with Crippen molar-refractivity contribution in [2.45, 2.75) is 31.6 Å². The maximum atomic E-state index is 4.49. The first-order valence-corrected chi connectivity index (χ1v) is 15.6. The van der Waals surface area contributed by atoms with E-state index < -0.39 is 0 Å². The van der Waals surface area contributed by atoms with E-state index in [0.29, 0.717) is 0 Å². The van der Waals surface area contributed by atoms with Crippen LogP contribution in [0.5, 0.6) is 0 Å². The molecule has 3 aliphatic rings. The summed E-state index contributed by atoms with van der Waals surface area (Å²) in [7, 11) is 0. The fraction of sp³-hybridized carbons (Fsp3) is 0.116. The standard InChI is InChI=1S/C43H33N/c1-27(2)44(28-22-24-37-35(25-28)33-16-5-9-17-36(33)42(37,3)4)29-21-23-34-32-15-8-12-20-40(32)43(41(34)26-29)38-18-10-6-13-30(38)31-14-7-11-19-39(31)43/h5-26H,1H2,2-4H3. The van der Waals surface area contributed by atoms with Gasteiger partial charge in [-0.05, 0) is 98.0 Å². The van der Waals surface area contributed by atoms with Gasteiger partial charge in [-0.1, -0.05) is 130 Å². The summed E-state index contributed by atoms with van der Waals surface area (Å²) < 4.78 is 0. The number of nitrogens with zero attached hydrogens (tertiary/aromatic N) is 1. The highest BCUT2D eigenvalue weighted by Gasteiger charge is 2.51. The number of allylic oxidation sites excluding steroid dienone is 1. The minimum Gasteiger partial charge on any atom is -0.315 e. The summed E-state index contributed by atoms with van der Waals surface area (Å²) in [6, 6.07) is 49.9. The summed E-state index contributed by atoms with van der Waals surface area (Å²) in [5, 5.41) is 0. The van der Waals surface area contributed by atoms with Crippen LogP contribution in [0.2, 0.25) is 0 Å². The van der Waals surface area contributed by atoms with E-state index in [2.05, 4.69) is 166 Å². The first-order chi connectivity index (χ1) is 21.4. The predicted molar refractivity (Wildman–Crippen MR) is 184 cm³/mol. The molecule has 3 aliphatic carbocycles. The lowest BCUT2D eigenvalue weighted by Crippen LogP contribution is -2.26. The molecule has 1 spiro atoms. The van der Waals surface area contributed by atoms with E-state index in [1.807, 2.05) is 0 Å². The Bertz CT molecular complexity index is 2130. The molecule has 9 rings (SSSR count). The molecule has 0 unspecified atom stereocenters. The third-order valence-electron chi connectivity index (χ3n) is 10.4. The molecule has 1 heteroatoms. The zero-order valence-electron chi connectivity index (χ0n) is 25.4. The lowest BCUT2D eigenvalue weighted by atomic mass is 9.70. The van der Waals surface area contributed by atoms with E-state index in [9.17, 15) is 0 Å². The highest BCUT2D eigenvalue weighted by atomic mass is 15.1. The molecule has 0 aliphatic heterocycles. The Morgan fingerprint density at radius 3 is 1.41 bits per heavy atom. The summed E-state index contributed by atoms with van der Waals surface area (Å²) in [5.41, 5.74) is 19.0. The summed E-state index contributed by atoms with van der Waals surface area (Å²) in [6.07, 6.45) is 0. The van der Waals surface area contributed by atoms with Crippen molar-refractivity contribution in [3.63, 3.8) is 0 Å². The van der Waals surface area contributed by atoms with Crippen molar-refractivity contribution >= 4 is 11.4 Å². The van der Waals surface area contributed by atoms with Gasteiger partial charge in [-0.2, -0.15) is 0 Å². The van der Waals surface area contributed by atoms with Crippen molar-refractivity contribution in [3.05, 3.63) is 179 Å². The Balaban J connectivity index is 1.28. The van der Waals surface area contributed by atoms with Gasteiger partial charge in [0.1, 0.15) is 0 Å². The van der Waals surface area contributed by atoms with Crippen LogP contribution in [0.25, 0.3) is 33.4 Å². The topological polar surface area (TPSA) is 3.24 Å². The van der Waals surface area contributed by atoms with Crippen LogP contribution < -0.4 is 4.90 Å². The molecule has 0 radical (unpaired) electrons. The zero-order chi connectivity index (χ0) is 29.8. The third kappa shape index (κ3) is 3.04. The highest BCUT2D eigenvalue weighted by molar-refractivity contribution is 5.96. The van der Waals surface area contributed by atoms with Crippen molar-refractivity contribution < 1.29 is 0 Å². The average molecular weight is 564 g/mol. The molecule has 6 aromatic rings. The summed E-state index contributed by atoms with van der Waals surface area (Å²) in [6.45, 7) is 11.3. The number of anilines is 2. The molecule has 0 atom stereocenters. The molecule has 0 saturated carbocycles. The van der Waals surface area contributed by atoms with Gasteiger partial charge in [-0.3, -0.25) is 0 Å². The largest absolute Gasteiger partial charge is 0.315 e. The number of benzene rings is 6. The number of rotatable bonds is 3. The van der Waals surface area contributed by atoms with Crippen LogP contribution in [-0.2, 0) is 10.8 Å². The third-order valence-corrected chi connectivity index (χ3v) is 10.4. The van der Waals surface area contributed by atoms with Gasteiger partial charge in [-0.25, -0.2) is 0 Å². The molecule has 0 amide bonds. The molecule has 0 bridgehead atoms. The zero-order valence-corrected chi connectivity index (χ0v) is 25.4. The molecule has 0 N–H and O–H groups in total. The van der Waals surface area contributed by atoms with Crippen molar-refractivity contribution in [1.29, 1.82) is 0 Å². The first-order valence-electron chi connectivity index (χ1n) is 15.6. The van der Waals surface area contributed by atoms with E-state index >= 15 is 0 Å². The Morgan fingerprint density at radius 2 is 0.864 bits per heavy atom. The van der Waals surface area contributed by atoms with Crippen molar-refractivity contribution in [2.24, 2.45) is 0 Å². The van der Waals surface area contributed by atoms with Gasteiger partial charge in [0.15, 0.2) is 0 Å². The molecule has 0 fully saturated rings. The van der Waals surface area contributed by atoms with Gasteiger partial charge < -0.3 is 4.90 Å². The fourth-order valence-corrected chi connectivity index (χ4v) is 8.66. The van der Waals surface area contributed by atoms with Crippen LogP contribution in [0.4, 0.5) is 11.4 Å². The molecule has 1 nitrogen and oxygen atoms in total. The molecular formula is C43H33N. The molecule has 0 aromatic heterocycles. The number of hydrogen-bond acceptors (Lipinski definition) is 1. The molecule has 210 valence electrons. The number of fused-ring (bicyclic) bond motifs is 13. The van der Waals surface area contributed by atoms with E-state index in [-0.39, 0.29) is 10.8 Å². The van der Waals surface area contributed by atoms with E-state index in [1.165, 1.54) is 66.8 Å². The molecule has 44 heavy (non-hydrogen) atoms. The second kappa shape index (κ2) is 8.71. The lowest BCUT2D eigenvalue weighted by Gasteiger charge is -2.32. The average Bonchev–Trinajstić information content (AvgIpc) is 3.60. The van der Waals surface area contributed by atoms with Crippen LogP contribution in [-0.4, -0.2) is 0 Å². The van der Waals surface area contributed by atoms with E-state index in [4.69, 9.17) is 0 Å². The van der Waals surface area contributed by atoms with Crippen LogP contribution in [0.1, 0.15) is 54.2 Å². The molecule has 0 heterocycles. The van der Waals surface area contributed by atoms with Crippen LogP contribution in [0.3, 0.4) is 0 Å². The highest BCUT2D eigenvalue weighted by Crippen LogP contribution is 2.63. The van der Waals surface area contributed by atoms with E-state index in [0.717, 1.165) is 17.1 Å².